The van der Waals surface area contributed by atoms with Crippen LogP contribution in [0.1, 0.15) is 32.1 Å². The second kappa shape index (κ2) is 1.71. The van der Waals surface area contributed by atoms with Crippen molar-refractivity contribution in [2.75, 3.05) is 0 Å². The van der Waals surface area contributed by atoms with Gasteiger partial charge < -0.3 is 5.11 Å². The van der Waals surface area contributed by atoms with E-state index in [9.17, 15) is 5.11 Å². The highest BCUT2D eigenvalue weighted by molar-refractivity contribution is 5.32. The van der Waals surface area contributed by atoms with Gasteiger partial charge in [-0.2, -0.15) is 0 Å². The van der Waals surface area contributed by atoms with Gasteiger partial charge in [0.1, 0.15) is 0 Å². The van der Waals surface area contributed by atoms with Gasteiger partial charge in [-0.1, -0.05) is 6.08 Å². The van der Waals surface area contributed by atoms with Gasteiger partial charge in [0.15, 0.2) is 0 Å². The fourth-order valence-corrected chi connectivity index (χ4v) is 3.42. The average Bonchev–Trinajstić information content (AvgIpc) is 2.53. The molecule has 3 aliphatic rings. The van der Waals surface area contributed by atoms with E-state index in [2.05, 4.69) is 6.08 Å². The molecule has 0 aromatic heterocycles. The van der Waals surface area contributed by atoms with Crippen molar-refractivity contribution < 1.29 is 5.11 Å². The second-order valence-electron chi connectivity index (χ2n) is 4.38. The van der Waals surface area contributed by atoms with Crippen LogP contribution in [0.3, 0.4) is 0 Å². The molecule has 0 aliphatic heterocycles. The van der Waals surface area contributed by atoms with Crippen molar-refractivity contribution in [3.8, 4) is 0 Å². The Morgan fingerprint density at radius 3 is 3.18 bits per heavy atom. The molecule has 0 radical (unpaired) electrons. The zero-order chi connectivity index (χ0) is 7.47. The monoisotopic (exact) mass is 150 g/mol. The zero-order valence-corrected chi connectivity index (χ0v) is 6.71. The first-order valence-corrected chi connectivity index (χ1v) is 4.72. The van der Waals surface area contributed by atoms with Crippen LogP contribution in [-0.2, 0) is 0 Å². The molecule has 60 valence electrons. The van der Waals surface area contributed by atoms with E-state index in [1.807, 2.05) is 0 Å². The minimum atomic E-state index is -0.328. The maximum atomic E-state index is 10.1. The summed E-state index contributed by atoms with van der Waals surface area (Å²) in [4.78, 5) is 0. The lowest BCUT2D eigenvalue weighted by atomic mass is 9.84. The van der Waals surface area contributed by atoms with Gasteiger partial charge in [-0.05, 0) is 49.5 Å². The molecule has 0 spiro atoms. The van der Waals surface area contributed by atoms with E-state index < -0.39 is 0 Å². The molecule has 2 saturated carbocycles. The van der Waals surface area contributed by atoms with Crippen LogP contribution in [0.15, 0.2) is 11.6 Å². The molecule has 0 amide bonds. The van der Waals surface area contributed by atoms with Crippen molar-refractivity contribution in [3.63, 3.8) is 0 Å². The molecule has 1 heteroatoms. The first kappa shape index (κ1) is 6.24. The Hall–Kier alpha value is -0.300. The van der Waals surface area contributed by atoms with E-state index >= 15 is 0 Å². The van der Waals surface area contributed by atoms with Crippen LogP contribution >= 0.6 is 0 Å². The molecule has 3 unspecified atom stereocenters. The van der Waals surface area contributed by atoms with E-state index in [1.54, 1.807) is 0 Å². The van der Waals surface area contributed by atoms with Gasteiger partial charge in [0.2, 0.25) is 0 Å². The van der Waals surface area contributed by atoms with Gasteiger partial charge in [-0.25, -0.2) is 0 Å². The van der Waals surface area contributed by atoms with Crippen LogP contribution in [0.4, 0.5) is 0 Å². The lowest BCUT2D eigenvalue weighted by Crippen LogP contribution is -2.26. The highest BCUT2D eigenvalue weighted by Gasteiger charge is 2.53. The molecule has 2 fully saturated rings. The third kappa shape index (κ3) is 0.610. The maximum Gasteiger partial charge on any atom is 0.0862 e. The van der Waals surface area contributed by atoms with Crippen molar-refractivity contribution in [3.05, 3.63) is 11.6 Å². The van der Waals surface area contributed by atoms with Crippen molar-refractivity contribution >= 4 is 0 Å². The summed E-state index contributed by atoms with van der Waals surface area (Å²) in [5.74, 6) is 1.63. The predicted molar refractivity (Wildman–Crippen MR) is 43.1 cm³/mol. The summed E-state index contributed by atoms with van der Waals surface area (Å²) in [7, 11) is 0. The van der Waals surface area contributed by atoms with Crippen molar-refractivity contribution in [1.29, 1.82) is 0 Å². The molecule has 3 rings (SSSR count). The van der Waals surface area contributed by atoms with Crippen LogP contribution in [0.2, 0.25) is 0 Å². The van der Waals surface area contributed by atoms with Crippen molar-refractivity contribution in [2.45, 2.75) is 37.7 Å². The van der Waals surface area contributed by atoms with Gasteiger partial charge >= 0.3 is 0 Å². The first-order chi connectivity index (χ1) is 5.30. The van der Waals surface area contributed by atoms with Gasteiger partial charge in [0, 0.05) is 0 Å². The Morgan fingerprint density at radius 2 is 2.36 bits per heavy atom. The molecule has 0 aromatic carbocycles. The Morgan fingerprint density at radius 1 is 1.45 bits per heavy atom. The standard InChI is InChI=1S/C10H14O/c11-10-5-4-7(6-10)8-2-1-3-9(8)10/h3,7-8,11H,1-2,4-6H2. The number of hydrogen-bond donors (Lipinski definition) is 1. The molecule has 1 N–H and O–H groups in total. The summed E-state index contributed by atoms with van der Waals surface area (Å²) in [6, 6.07) is 0. The lowest BCUT2D eigenvalue weighted by molar-refractivity contribution is 0.0912. The molecule has 1 nitrogen and oxygen atoms in total. The Kier molecular flexibility index (Phi) is 0.972. The Balaban J connectivity index is 2.08. The van der Waals surface area contributed by atoms with Crippen LogP contribution < -0.4 is 0 Å². The molecule has 0 aromatic rings. The number of hydrogen-bond acceptors (Lipinski definition) is 1. The minimum absolute atomic E-state index is 0.328. The van der Waals surface area contributed by atoms with Gasteiger partial charge in [-0.15, -0.1) is 0 Å². The Labute approximate surface area is 67.1 Å². The van der Waals surface area contributed by atoms with Gasteiger partial charge in [0.05, 0.1) is 5.60 Å². The number of allylic oxidation sites excluding steroid dienone is 1. The van der Waals surface area contributed by atoms with Gasteiger partial charge in [-0.3, -0.25) is 0 Å². The largest absolute Gasteiger partial charge is 0.385 e. The molecular formula is C10H14O. The number of rotatable bonds is 0. The summed E-state index contributed by atoms with van der Waals surface area (Å²) < 4.78 is 0. The van der Waals surface area contributed by atoms with Crippen molar-refractivity contribution in [2.24, 2.45) is 11.8 Å². The van der Waals surface area contributed by atoms with E-state index in [1.165, 1.54) is 24.8 Å². The summed E-state index contributed by atoms with van der Waals surface area (Å²) in [5.41, 5.74) is 1.08. The molecular weight excluding hydrogens is 136 g/mol. The molecule has 0 heterocycles. The minimum Gasteiger partial charge on any atom is -0.385 e. The van der Waals surface area contributed by atoms with E-state index in [-0.39, 0.29) is 5.60 Å². The molecule has 3 aliphatic carbocycles. The zero-order valence-electron chi connectivity index (χ0n) is 6.71. The highest BCUT2D eigenvalue weighted by atomic mass is 16.3. The molecule has 0 saturated heterocycles. The molecule has 11 heavy (non-hydrogen) atoms. The quantitative estimate of drug-likeness (QED) is 0.523. The third-order valence-corrected chi connectivity index (χ3v) is 3.88. The SMILES string of the molecule is OC12CCC(C1)C1CCC=C12. The maximum absolute atomic E-state index is 10.1. The van der Waals surface area contributed by atoms with Crippen LogP contribution in [0.5, 0.6) is 0 Å². The summed E-state index contributed by atoms with van der Waals surface area (Å²) >= 11 is 0. The highest BCUT2D eigenvalue weighted by Crippen LogP contribution is 2.58. The van der Waals surface area contributed by atoms with E-state index in [0.717, 1.165) is 24.7 Å². The topological polar surface area (TPSA) is 20.2 Å². The summed E-state index contributed by atoms with van der Waals surface area (Å²) in [6.07, 6.45) is 8.23. The van der Waals surface area contributed by atoms with Crippen molar-refractivity contribution in [1.82, 2.24) is 0 Å². The van der Waals surface area contributed by atoms with E-state index in [0.29, 0.717) is 0 Å². The smallest absolute Gasteiger partial charge is 0.0862 e. The average molecular weight is 150 g/mol. The molecule has 2 bridgehead atoms. The second-order valence-corrected chi connectivity index (χ2v) is 4.38. The lowest BCUT2D eigenvalue weighted by Gasteiger charge is -2.25. The fraction of sp³-hybridized carbons (Fsp3) is 0.800. The normalized spacial score (nSPS) is 53.0. The number of aliphatic hydroxyl groups is 1. The molecule has 3 atom stereocenters. The van der Waals surface area contributed by atoms with Crippen LogP contribution in [-0.4, -0.2) is 10.7 Å². The van der Waals surface area contributed by atoms with Crippen LogP contribution in [0, 0.1) is 11.8 Å². The van der Waals surface area contributed by atoms with Gasteiger partial charge in [0.25, 0.3) is 0 Å². The van der Waals surface area contributed by atoms with Crippen LogP contribution in [0.25, 0.3) is 0 Å². The number of fused-ring (bicyclic) bond motifs is 5. The Bertz CT molecular complexity index is 231. The first-order valence-electron chi connectivity index (χ1n) is 4.72. The third-order valence-electron chi connectivity index (χ3n) is 3.88. The summed E-state index contributed by atoms with van der Waals surface area (Å²) in [5, 5.41) is 10.1. The summed E-state index contributed by atoms with van der Waals surface area (Å²) in [6.45, 7) is 0. The predicted octanol–water partition coefficient (Wildman–Crippen LogP) is 1.87. The fourth-order valence-electron chi connectivity index (χ4n) is 3.42. The van der Waals surface area contributed by atoms with E-state index in [4.69, 9.17) is 0 Å².